The summed E-state index contributed by atoms with van der Waals surface area (Å²) in [6.07, 6.45) is 6.11. The van der Waals surface area contributed by atoms with Crippen LogP contribution in [0.25, 0.3) is 22.3 Å². The number of ether oxygens (including phenoxy) is 1. The number of nitrogens with zero attached hydrogens (tertiary/aromatic N) is 4. The Morgan fingerprint density at radius 3 is 2.18 bits per heavy atom. The molecule has 0 saturated carbocycles. The molecule has 5 heterocycles. The highest BCUT2D eigenvalue weighted by molar-refractivity contribution is 5.85. The predicted octanol–water partition coefficient (Wildman–Crippen LogP) is 4.29. The van der Waals surface area contributed by atoms with Crippen LogP contribution in [0.2, 0.25) is 0 Å². The molecule has 0 bridgehead atoms. The summed E-state index contributed by atoms with van der Waals surface area (Å²) in [6, 6.07) is 13.5. The fourth-order valence-corrected chi connectivity index (χ4v) is 8.17. The number of aryl methyl sites for hydroxylation is 1. The minimum Gasteiger partial charge on any atom is -0.436 e. The van der Waals surface area contributed by atoms with Gasteiger partial charge in [0.25, 0.3) is 5.91 Å². The number of carbonyl (C=O) groups excluding carboxylic acids is 2. The van der Waals surface area contributed by atoms with Crippen molar-refractivity contribution in [2.24, 2.45) is 11.8 Å². The first-order valence-electron chi connectivity index (χ1n) is 17.7. The van der Waals surface area contributed by atoms with Gasteiger partial charge in [-0.25, -0.2) is 14.4 Å². The molecule has 7 rings (SSSR count). The highest BCUT2D eigenvalue weighted by Crippen LogP contribution is 2.33. The summed E-state index contributed by atoms with van der Waals surface area (Å²) in [4.78, 5) is 67.1. The van der Waals surface area contributed by atoms with Gasteiger partial charge in [-0.05, 0) is 100 Å². The second-order valence-corrected chi connectivity index (χ2v) is 14.3. The van der Waals surface area contributed by atoms with Crippen LogP contribution in [0.3, 0.4) is 0 Å². The van der Waals surface area contributed by atoms with E-state index in [9.17, 15) is 19.2 Å². The molecule has 2 amide bonds. The van der Waals surface area contributed by atoms with Gasteiger partial charge in [0.1, 0.15) is 0 Å². The van der Waals surface area contributed by atoms with Gasteiger partial charge in [-0.15, -0.1) is 0 Å². The largest absolute Gasteiger partial charge is 0.436 e. The van der Waals surface area contributed by atoms with Crippen LogP contribution in [0.15, 0.2) is 58.3 Å². The molecule has 2 aromatic carbocycles. The van der Waals surface area contributed by atoms with Gasteiger partial charge in [0.2, 0.25) is 0 Å². The second-order valence-electron chi connectivity index (χ2n) is 14.3. The average molecular weight is 670 g/mol. The van der Waals surface area contributed by atoms with Crippen LogP contribution >= 0.6 is 0 Å². The summed E-state index contributed by atoms with van der Waals surface area (Å²) in [5.41, 5.74) is 4.33. The van der Waals surface area contributed by atoms with E-state index < -0.39 is 12.2 Å². The lowest BCUT2D eigenvalue weighted by Gasteiger charge is -2.40. The van der Waals surface area contributed by atoms with Crippen molar-refractivity contribution in [3.05, 3.63) is 80.8 Å². The molecule has 1 unspecified atom stereocenters. The number of carbonyl (C=O) groups is 2. The molecular weight excluding hydrogens is 622 g/mol. The first-order valence-corrected chi connectivity index (χ1v) is 17.7. The van der Waals surface area contributed by atoms with Crippen molar-refractivity contribution >= 4 is 23.0 Å². The van der Waals surface area contributed by atoms with Crippen LogP contribution in [0, 0.1) is 18.8 Å². The van der Waals surface area contributed by atoms with Crippen LogP contribution in [0.5, 0.6) is 0 Å². The molecule has 0 aliphatic carbocycles. The van der Waals surface area contributed by atoms with Gasteiger partial charge in [-0.3, -0.25) is 9.36 Å². The fraction of sp³-hybridized carbons (Fsp3) is 0.514. The first-order chi connectivity index (χ1) is 23.7. The van der Waals surface area contributed by atoms with Crippen LogP contribution in [0.4, 0.5) is 4.79 Å². The molecule has 4 aromatic rings. The normalized spacial score (nSPS) is 19.4. The molecule has 12 heteroatoms. The zero-order valence-electron chi connectivity index (χ0n) is 28.5. The van der Waals surface area contributed by atoms with E-state index in [0.29, 0.717) is 56.4 Å². The summed E-state index contributed by atoms with van der Waals surface area (Å²) in [5.74, 6) is 1.15. The van der Waals surface area contributed by atoms with Crippen molar-refractivity contribution in [1.82, 2.24) is 34.2 Å². The number of rotatable bonds is 7. The fourth-order valence-electron chi connectivity index (χ4n) is 8.17. The molecule has 49 heavy (non-hydrogen) atoms. The van der Waals surface area contributed by atoms with E-state index in [1.807, 2.05) is 60.5 Å². The summed E-state index contributed by atoms with van der Waals surface area (Å²) >= 11 is 0. The van der Waals surface area contributed by atoms with Gasteiger partial charge in [-0.2, -0.15) is 0 Å². The number of fused-ring (bicyclic) bond motifs is 1. The van der Waals surface area contributed by atoms with Gasteiger partial charge in [0.15, 0.2) is 6.10 Å². The van der Waals surface area contributed by atoms with Crippen molar-refractivity contribution in [2.75, 3.05) is 46.3 Å². The molecule has 2 aromatic heterocycles. The van der Waals surface area contributed by atoms with Crippen molar-refractivity contribution in [3.8, 4) is 11.3 Å². The molecule has 3 fully saturated rings. The Labute approximate surface area is 285 Å². The summed E-state index contributed by atoms with van der Waals surface area (Å²) < 4.78 is 7.82. The van der Waals surface area contributed by atoms with E-state index in [1.165, 1.54) is 12.8 Å². The molecule has 12 nitrogen and oxygen atoms in total. The topological polar surface area (TPSA) is 140 Å². The van der Waals surface area contributed by atoms with Crippen LogP contribution in [-0.2, 0) is 16.0 Å². The number of piperidine rings is 3. The number of benzene rings is 2. The third-order valence-corrected chi connectivity index (χ3v) is 11.0. The van der Waals surface area contributed by atoms with E-state index in [4.69, 9.17) is 4.74 Å². The van der Waals surface area contributed by atoms with Crippen molar-refractivity contribution in [2.45, 2.75) is 64.0 Å². The average Bonchev–Trinajstić information content (AvgIpc) is 3.70. The Bertz CT molecular complexity index is 1880. The van der Waals surface area contributed by atoms with Crippen molar-refractivity contribution in [3.63, 3.8) is 0 Å². The second kappa shape index (κ2) is 14.1. The summed E-state index contributed by atoms with van der Waals surface area (Å²) in [6.45, 7) is 6.33. The first kappa shape index (κ1) is 32.9. The number of likely N-dealkylation sites (tertiary alicyclic amines) is 3. The quantitative estimate of drug-likeness (QED) is 0.269. The molecule has 0 radical (unpaired) electrons. The molecule has 260 valence electrons. The van der Waals surface area contributed by atoms with Gasteiger partial charge < -0.3 is 34.4 Å². The molecule has 3 aliphatic heterocycles. The van der Waals surface area contributed by atoms with E-state index in [2.05, 4.69) is 26.9 Å². The lowest BCUT2D eigenvalue weighted by atomic mass is 9.79. The van der Waals surface area contributed by atoms with E-state index in [0.717, 1.165) is 53.8 Å². The number of amides is 2. The van der Waals surface area contributed by atoms with Gasteiger partial charge >= 0.3 is 17.5 Å². The standard InChI is InChI=1S/C37H47N7O5/c1-24-20-25(21-30-33(24)40-35(46)38-30)22-32(34(45)42-16-10-27(11-17-42)26-8-14-41(2)15-9-26)49-37(48)43-18-12-29(13-19-43)44-23-31(39-36(44)47)28-6-4-3-5-7-28/h3-7,20-21,23,26-27,29,32H,8-19,22H2,1-2H3,(H,39,47)(H2,38,40,46). The lowest BCUT2D eigenvalue weighted by Crippen LogP contribution is -2.49. The predicted molar refractivity (Wildman–Crippen MR) is 187 cm³/mol. The maximum Gasteiger partial charge on any atom is 0.410 e. The van der Waals surface area contributed by atoms with Crippen LogP contribution in [-0.4, -0.2) is 98.6 Å². The Morgan fingerprint density at radius 2 is 1.49 bits per heavy atom. The van der Waals surface area contributed by atoms with Gasteiger partial charge in [0, 0.05) is 44.8 Å². The number of nitrogens with one attached hydrogen (secondary N) is 3. The van der Waals surface area contributed by atoms with E-state index >= 15 is 0 Å². The third kappa shape index (κ3) is 7.24. The minimum absolute atomic E-state index is 0.0493. The maximum absolute atomic E-state index is 14.1. The zero-order chi connectivity index (χ0) is 34.1. The Hall–Kier alpha value is -4.58. The molecular formula is C37H47N7O5. The number of aromatic amines is 3. The highest BCUT2D eigenvalue weighted by atomic mass is 16.6. The van der Waals surface area contributed by atoms with E-state index in [1.54, 1.807) is 9.47 Å². The third-order valence-electron chi connectivity index (χ3n) is 11.0. The van der Waals surface area contributed by atoms with Crippen molar-refractivity contribution < 1.29 is 14.3 Å². The molecule has 1 atom stereocenters. The SMILES string of the molecule is Cc1cc(CC(OC(=O)N2CCC(n3cc(-c4ccccc4)[nH]c3=O)CC2)C(=O)N2CCC(C3CCN(C)CC3)CC2)cc2[nH]c(=O)[nH]c12. The van der Waals surface area contributed by atoms with Crippen LogP contribution < -0.4 is 11.4 Å². The van der Waals surface area contributed by atoms with E-state index in [-0.39, 0.29) is 29.7 Å². The number of hydrogen-bond donors (Lipinski definition) is 3. The summed E-state index contributed by atoms with van der Waals surface area (Å²) in [5, 5.41) is 0. The number of H-pyrrole nitrogens is 3. The number of imidazole rings is 2. The monoisotopic (exact) mass is 669 g/mol. The summed E-state index contributed by atoms with van der Waals surface area (Å²) in [7, 11) is 2.18. The molecule has 3 N–H and O–H groups in total. The zero-order valence-corrected chi connectivity index (χ0v) is 28.5. The maximum atomic E-state index is 14.1. The lowest BCUT2D eigenvalue weighted by molar-refractivity contribution is -0.142. The Morgan fingerprint density at radius 1 is 0.837 bits per heavy atom. The number of aromatic nitrogens is 4. The smallest absolute Gasteiger partial charge is 0.410 e. The number of hydrogen-bond acceptors (Lipinski definition) is 6. The van der Waals surface area contributed by atoms with Gasteiger partial charge in [0.05, 0.1) is 16.7 Å². The minimum atomic E-state index is -0.992. The highest BCUT2D eigenvalue weighted by Gasteiger charge is 2.36. The Balaban J connectivity index is 1.03. The molecule has 3 saturated heterocycles. The van der Waals surface area contributed by atoms with Gasteiger partial charge in [-0.1, -0.05) is 36.4 Å². The van der Waals surface area contributed by atoms with Crippen molar-refractivity contribution in [1.29, 1.82) is 0 Å². The van der Waals surface area contributed by atoms with Crippen LogP contribution in [0.1, 0.15) is 55.7 Å². The molecule has 3 aliphatic rings. The molecule has 0 spiro atoms. The Kier molecular flexibility index (Phi) is 9.48.